The van der Waals surface area contributed by atoms with E-state index in [1.165, 1.54) is 0 Å². The highest BCUT2D eigenvalue weighted by atomic mass is 32.2. The van der Waals surface area contributed by atoms with Crippen molar-refractivity contribution in [2.75, 3.05) is 19.0 Å². The molecule has 1 atom stereocenters. The van der Waals surface area contributed by atoms with Gasteiger partial charge in [-0.25, -0.2) is 9.97 Å². The maximum Gasteiger partial charge on any atom is 0.205 e. The van der Waals surface area contributed by atoms with Crippen molar-refractivity contribution in [1.29, 1.82) is 0 Å². The molecule has 7 heteroatoms. The molecule has 0 N–H and O–H groups in total. The van der Waals surface area contributed by atoms with Gasteiger partial charge in [0, 0.05) is 44.6 Å². The fourth-order valence-electron chi connectivity index (χ4n) is 2.32. The largest absolute Gasteiger partial charge is 0.377 e. The van der Waals surface area contributed by atoms with Crippen molar-refractivity contribution in [3.8, 4) is 5.82 Å². The van der Waals surface area contributed by atoms with Gasteiger partial charge < -0.3 is 4.90 Å². The van der Waals surface area contributed by atoms with E-state index in [1.807, 2.05) is 43.3 Å². The van der Waals surface area contributed by atoms with Crippen LogP contribution in [-0.2, 0) is 16.6 Å². The number of benzene rings is 1. The molecular weight excluding hydrogens is 310 g/mol. The summed E-state index contributed by atoms with van der Waals surface area (Å²) in [5.41, 5.74) is 2.07. The second kappa shape index (κ2) is 6.70. The quantitative estimate of drug-likeness (QED) is 0.717. The predicted octanol–water partition coefficient (Wildman–Crippen LogP) is 2.04. The first-order chi connectivity index (χ1) is 11.2. The molecular formula is C16H17N5OS. The smallest absolute Gasteiger partial charge is 0.205 e. The Labute approximate surface area is 137 Å². The van der Waals surface area contributed by atoms with E-state index in [0.29, 0.717) is 16.7 Å². The van der Waals surface area contributed by atoms with E-state index >= 15 is 0 Å². The number of hydrogen-bond donors (Lipinski definition) is 0. The number of aromatic nitrogens is 4. The number of para-hydroxylation sites is 1. The van der Waals surface area contributed by atoms with Crippen LogP contribution in [0.15, 0.2) is 60.4 Å². The highest BCUT2D eigenvalue weighted by molar-refractivity contribution is 7.84. The van der Waals surface area contributed by atoms with E-state index in [-0.39, 0.29) is 0 Å². The zero-order chi connectivity index (χ0) is 16.2. The summed E-state index contributed by atoms with van der Waals surface area (Å²) >= 11 is 0. The van der Waals surface area contributed by atoms with Crippen LogP contribution in [0, 0.1) is 0 Å². The van der Waals surface area contributed by atoms with Crippen molar-refractivity contribution in [2.24, 2.45) is 0 Å². The minimum absolute atomic E-state index is 0.394. The zero-order valence-electron chi connectivity index (χ0n) is 13.0. The van der Waals surface area contributed by atoms with E-state index in [0.717, 1.165) is 11.3 Å². The fourth-order valence-corrected chi connectivity index (χ4v) is 3.53. The van der Waals surface area contributed by atoms with E-state index in [9.17, 15) is 4.21 Å². The number of imidazole rings is 1. The normalized spacial score (nSPS) is 12.1. The molecule has 0 aliphatic rings. The molecule has 3 rings (SSSR count). The Bertz CT molecular complexity index is 816. The Balaban J connectivity index is 1.90. The molecule has 0 aliphatic carbocycles. The van der Waals surface area contributed by atoms with Crippen molar-refractivity contribution < 1.29 is 4.21 Å². The lowest BCUT2D eigenvalue weighted by molar-refractivity contribution is 0.671. The first-order valence-electron chi connectivity index (χ1n) is 7.10. The van der Waals surface area contributed by atoms with Crippen molar-refractivity contribution in [3.05, 3.63) is 60.8 Å². The van der Waals surface area contributed by atoms with Gasteiger partial charge in [-0.15, -0.1) is 0 Å². The Kier molecular flexibility index (Phi) is 4.47. The Morgan fingerprint density at radius 1 is 1.13 bits per heavy atom. The minimum atomic E-state index is -1.28. The maximum atomic E-state index is 12.8. The van der Waals surface area contributed by atoms with E-state index in [1.54, 1.807) is 35.6 Å². The molecule has 0 aliphatic heterocycles. The van der Waals surface area contributed by atoms with E-state index < -0.39 is 10.8 Å². The molecule has 6 nitrogen and oxygen atoms in total. The first kappa shape index (κ1) is 15.4. The van der Waals surface area contributed by atoms with Gasteiger partial charge in [-0.05, 0) is 11.6 Å². The maximum absolute atomic E-state index is 12.8. The average molecular weight is 327 g/mol. The first-order valence-corrected chi connectivity index (χ1v) is 8.42. The van der Waals surface area contributed by atoms with E-state index in [4.69, 9.17) is 0 Å². The molecule has 0 bridgehead atoms. The minimum Gasteiger partial charge on any atom is -0.377 e. The highest BCUT2D eigenvalue weighted by Crippen LogP contribution is 2.22. The lowest BCUT2D eigenvalue weighted by Crippen LogP contribution is -2.13. The highest BCUT2D eigenvalue weighted by Gasteiger charge is 2.16. The van der Waals surface area contributed by atoms with Gasteiger partial charge in [-0.3, -0.25) is 13.8 Å². The summed E-state index contributed by atoms with van der Waals surface area (Å²) in [5, 5.41) is 0.471. The van der Waals surface area contributed by atoms with Gasteiger partial charge in [0.1, 0.15) is 0 Å². The van der Waals surface area contributed by atoms with Gasteiger partial charge in [0.25, 0.3) is 0 Å². The van der Waals surface area contributed by atoms with Crippen molar-refractivity contribution >= 4 is 16.5 Å². The van der Waals surface area contributed by atoms with Crippen molar-refractivity contribution in [2.45, 2.75) is 10.9 Å². The molecule has 23 heavy (non-hydrogen) atoms. The van der Waals surface area contributed by atoms with Crippen molar-refractivity contribution in [1.82, 2.24) is 19.5 Å². The zero-order valence-corrected chi connectivity index (χ0v) is 13.8. The van der Waals surface area contributed by atoms with Crippen molar-refractivity contribution in [3.63, 3.8) is 0 Å². The van der Waals surface area contributed by atoms with Crippen LogP contribution in [-0.4, -0.2) is 37.8 Å². The molecule has 3 aromatic rings. The van der Waals surface area contributed by atoms with Crippen LogP contribution >= 0.6 is 0 Å². The third-order valence-corrected chi connectivity index (χ3v) is 4.65. The topological polar surface area (TPSA) is 63.9 Å². The molecule has 1 aromatic carbocycles. The van der Waals surface area contributed by atoms with Crippen LogP contribution < -0.4 is 4.90 Å². The van der Waals surface area contributed by atoms with Crippen LogP contribution in [0.2, 0.25) is 0 Å². The molecule has 0 fully saturated rings. The molecule has 2 aromatic heterocycles. The molecule has 0 radical (unpaired) electrons. The molecule has 0 saturated carbocycles. The second-order valence-corrected chi connectivity index (χ2v) is 6.50. The van der Waals surface area contributed by atoms with Crippen LogP contribution in [0.4, 0.5) is 5.69 Å². The van der Waals surface area contributed by atoms with Gasteiger partial charge in [-0.2, -0.15) is 0 Å². The summed E-state index contributed by atoms with van der Waals surface area (Å²) in [5.74, 6) is 1.00. The third-order valence-electron chi connectivity index (χ3n) is 3.37. The summed E-state index contributed by atoms with van der Waals surface area (Å²) in [6.07, 6.45) is 8.19. The molecule has 1 unspecified atom stereocenters. The number of hydrogen-bond acceptors (Lipinski definition) is 5. The van der Waals surface area contributed by atoms with Crippen LogP contribution in [0.25, 0.3) is 5.82 Å². The second-order valence-electron chi connectivity index (χ2n) is 5.16. The summed E-state index contributed by atoms with van der Waals surface area (Å²) in [7, 11) is 2.66. The van der Waals surface area contributed by atoms with Gasteiger partial charge in [-0.1, -0.05) is 18.2 Å². The number of rotatable bonds is 5. The third kappa shape index (κ3) is 3.29. The van der Waals surface area contributed by atoms with Crippen LogP contribution in [0.5, 0.6) is 0 Å². The Hall–Kier alpha value is -2.54. The number of nitrogens with zero attached hydrogens (tertiary/aromatic N) is 5. The SMILES string of the molecule is CN(C)c1ccccc1CS(=O)c1nccn1-c1cnccn1. The molecule has 0 saturated heterocycles. The summed E-state index contributed by atoms with van der Waals surface area (Å²) in [4.78, 5) is 14.5. The molecule has 0 amide bonds. The standard InChI is InChI=1S/C16H17N5OS/c1-20(2)14-6-4-3-5-13(14)12-23(22)16-19-9-10-21(16)15-11-17-7-8-18-15/h3-11H,12H2,1-2H3. The van der Waals surface area contributed by atoms with Crippen LogP contribution in [0.3, 0.4) is 0 Å². The fraction of sp³-hybridized carbons (Fsp3) is 0.188. The van der Waals surface area contributed by atoms with E-state index in [2.05, 4.69) is 15.0 Å². The molecule has 2 heterocycles. The molecule has 118 valence electrons. The Morgan fingerprint density at radius 3 is 2.70 bits per heavy atom. The van der Waals surface area contributed by atoms with Gasteiger partial charge in [0.15, 0.2) is 5.82 Å². The lowest BCUT2D eigenvalue weighted by atomic mass is 10.2. The van der Waals surface area contributed by atoms with Gasteiger partial charge in [0.05, 0.1) is 22.7 Å². The summed E-state index contributed by atoms with van der Waals surface area (Å²) < 4.78 is 14.5. The monoisotopic (exact) mass is 327 g/mol. The predicted molar refractivity (Wildman–Crippen MR) is 90.0 cm³/mol. The lowest BCUT2D eigenvalue weighted by Gasteiger charge is -2.17. The Morgan fingerprint density at radius 2 is 1.96 bits per heavy atom. The molecule has 0 spiro atoms. The van der Waals surface area contributed by atoms with Crippen LogP contribution in [0.1, 0.15) is 5.56 Å². The van der Waals surface area contributed by atoms with Gasteiger partial charge >= 0.3 is 0 Å². The van der Waals surface area contributed by atoms with Gasteiger partial charge in [0.2, 0.25) is 5.16 Å². The summed E-state index contributed by atoms with van der Waals surface area (Å²) in [6.45, 7) is 0. The average Bonchev–Trinajstić information content (AvgIpc) is 3.05. The summed E-state index contributed by atoms with van der Waals surface area (Å²) in [6, 6.07) is 7.93. The number of anilines is 1.